The standard InChI is InChI=1S/C8H15F2NO4S/c1-5(2)11(6(3)4)7(12)8(9,10)16(13,14)15/h5-6H,1-4H3,(H,13,14,15)/p-1. The average molecular weight is 258 g/mol. The topological polar surface area (TPSA) is 77.5 Å². The number of hydrogen-bond donors (Lipinski definition) is 0. The summed E-state index contributed by atoms with van der Waals surface area (Å²) in [6.07, 6.45) is 0. The number of halogens is 2. The van der Waals surface area contributed by atoms with Gasteiger partial charge in [0, 0.05) is 12.1 Å². The maximum absolute atomic E-state index is 13.0. The molecule has 0 aromatic rings. The molecule has 0 fully saturated rings. The van der Waals surface area contributed by atoms with Crippen molar-refractivity contribution >= 4 is 16.0 Å². The van der Waals surface area contributed by atoms with Crippen LogP contribution in [0.5, 0.6) is 0 Å². The van der Waals surface area contributed by atoms with Gasteiger partial charge in [-0.3, -0.25) is 4.79 Å². The van der Waals surface area contributed by atoms with E-state index < -0.39 is 33.4 Å². The molecule has 1 amide bonds. The first kappa shape index (κ1) is 15.2. The van der Waals surface area contributed by atoms with Crippen LogP contribution in [-0.4, -0.2) is 41.1 Å². The summed E-state index contributed by atoms with van der Waals surface area (Å²) in [7, 11) is -5.99. The van der Waals surface area contributed by atoms with Crippen molar-refractivity contribution in [3.05, 3.63) is 0 Å². The molecular formula is C8H14F2NO4S-. The van der Waals surface area contributed by atoms with Gasteiger partial charge in [-0.15, -0.1) is 0 Å². The zero-order valence-electron chi connectivity index (χ0n) is 9.40. The lowest BCUT2D eigenvalue weighted by molar-refractivity contribution is -0.151. The molecule has 0 radical (unpaired) electrons. The van der Waals surface area contributed by atoms with Crippen molar-refractivity contribution in [3.63, 3.8) is 0 Å². The summed E-state index contributed by atoms with van der Waals surface area (Å²) < 4.78 is 56.9. The number of hydrogen-bond acceptors (Lipinski definition) is 4. The summed E-state index contributed by atoms with van der Waals surface area (Å²) in [5, 5.41) is -4.92. The van der Waals surface area contributed by atoms with E-state index >= 15 is 0 Å². The molecule has 0 heterocycles. The van der Waals surface area contributed by atoms with Crippen LogP contribution < -0.4 is 0 Å². The summed E-state index contributed by atoms with van der Waals surface area (Å²) in [6, 6.07) is -1.25. The zero-order valence-corrected chi connectivity index (χ0v) is 10.2. The minimum absolute atomic E-state index is 0.625. The smallest absolute Gasteiger partial charge is 0.411 e. The number of carbonyl (C=O) groups is 1. The quantitative estimate of drug-likeness (QED) is 0.698. The van der Waals surface area contributed by atoms with Gasteiger partial charge in [0.15, 0.2) is 10.1 Å². The molecular weight excluding hydrogens is 244 g/mol. The summed E-state index contributed by atoms with van der Waals surface area (Å²) in [4.78, 5) is 12.0. The molecule has 0 unspecified atom stereocenters. The van der Waals surface area contributed by atoms with Crippen LogP contribution in [0.1, 0.15) is 27.7 Å². The highest BCUT2D eigenvalue weighted by Gasteiger charge is 2.50. The van der Waals surface area contributed by atoms with Gasteiger partial charge in [0.05, 0.1) is 0 Å². The highest BCUT2D eigenvalue weighted by atomic mass is 32.2. The van der Waals surface area contributed by atoms with Gasteiger partial charge in [-0.1, -0.05) is 0 Å². The Bertz CT molecular complexity index is 356. The molecule has 0 bridgehead atoms. The monoisotopic (exact) mass is 258 g/mol. The van der Waals surface area contributed by atoms with Gasteiger partial charge in [0.1, 0.15) is 0 Å². The lowest BCUT2D eigenvalue weighted by Crippen LogP contribution is -2.53. The van der Waals surface area contributed by atoms with E-state index in [4.69, 9.17) is 0 Å². The van der Waals surface area contributed by atoms with E-state index in [-0.39, 0.29) is 0 Å². The largest absolute Gasteiger partial charge is 0.743 e. The Balaban J connectivity index is 5.34. The van der Waals surface area contributed by atoms with Gasteiger partial charge in [0.2, 0.25) is 0 Å². The van der Waals surface area contributed by atoms with Crippen LogP contribution >= 0.6 is 0 Å². The van der Waals surface area contributed by atoms with Gasteiger partial charge in [-0.2, -0.15) is 8.78 Å². The minimum atomic E-state index is -5.99. The van der Waals surface area contributed by atoms with E-state index in [1.165, 1.54) is 27.7 Å². The molecule has 0 aromatic heterocycles. The van der Waals surface area contributed by atoms with Gasteiger partial charge in [-0.25, -0.2) is 8.42 Å². The van der Waals surface area contributed by atoms with E-state index in [0.29, 0.717) is 4.90 Å². The van der Waals surface area contributed by atoms with Crippen LogP contribution in [0.15, 0.2) is 0 Å². The van der Waals surface area contributed by atoms with Crippen LogP contribution in [-0.2, 0) is 14.9 Å². The molecule has 0 spiro atoms. The predicted molar refractivity (Wildman–Crippen MR) is 51.8 cm³/mol. The van der Waals surface area contributed by atoms with Gasteiger partial charge < -0.3 is 9.45 Å². The van der Waals surface area contributed by atoms with E-state index in [9.17, 15) is 26.5 Å². The Hall–Kier alpha value is -0.760. The minimum Gasteiger partial charge on any atom is -0.743 e. The number of alkyl halides is 2. The number of rotatable bonds is 4. The molecule has 0 atom stereocenters. The van der Waals surface area contributed by atoms with E-state index in [1.807, 2.05) is 0 Å². The first-order chi connectivity index (χ1) is 6.93. The molecule has 0 aliphatic rings. The Kier molecular flexibility index (Phi) is 4.40. The molecule has 8 heteroatoms. The maximum atomic E-state index is 13.0. The van der Waals surface area contributed by atoms with Crippen LogP contribution in [0.25, 0.3) is 0 Å². The van der Waals surface area contributed by atoms with Crippen molar-refractivity contribution in [3.8, 4) is 0 Å². The molecule has 0 aromatic carbocycles. The Morgan fingerprint density at radius 3 is 1.69 bits per heavy atom. The van der Waals surface area contributed by atoms with Crippen molar-refractivity contribution in [2.75, 3.05) is 0 Å². The Labute approximate surface area is 93.2 Å². The fourth-order valence-electron chi connectivity index (χ4n) is 1.32. The molecule has 5 nitrogen and oxygen atoms in total. The zero-order chi connectivity index (χ0) is 13.3. The fourth-order valence-corrected chi connectivity index (χ4v) is 1.64. The number of nitrogens with zero attached hydrogens (tertiary/aromatic N) is 1. The molecule has 0 aliphatic carbocycles. The Morgan fingerprint density at radius 2 is 1.50 bits per heavy atom. The summed E-state index contributed by atoms with van der Waals surface area (Å²) in [5.74, 6) is -1.98. The third-order valence-corrected chi connectivity index (χ3v) is 2.71. The first-order valence-corrected chi connectivity index (χ1v) is 5.99. The normalized spacial score (nSPS) is 13.3. The molecule has 96 valence electrons. The van der Waals surface area contributed by atoms with Crippen molar-refractivity contribution in [2.45, 2.75) is 45.0 Å². The molecule has 0 rings (SSSR count). The second-order valence-corrected chi connectivity index (χ2v) is 5.29. The van der Waals surface area contributed by atoms with E-state index in [1.54, 1.807) is 0 Å². The highest BCUT2D eigenvalue weighted by molar-refractivity contribution is 7.87. The van der Waals surface area contributed by atoms with Crippen LogP contribution in [0.3, 0.4) is 0 Å². The third kappa shape index (κ3) is 2.88. The Morgan fingerprint density at radius 1 is 1.19 bits per heavy atom. The molecule has 0 N–H and O–H groups in total. The number of carbonyl (C=O) groups excluding carboxylic acids is 1. The summed E-state index contributed by atoms with van der Waals surface area (Å²) in [5.41, 5.74) is 0. The molecule has 0 aliphatic heterocycles. The van der Waals surface area contributed by atoms with Crippen LogP contribution in [0.4, 0.5) is 8.78 Å². The molecule has 0 saturated heterocycles. The second kappa shape index (κ2) is 4.62. The van der Waals surface area contributed by atoms with E-state index in [2.05, 4.69) is 0 Å². The van der Waals surface area contributed by atoms with Crippen molar-refractivity contribution in [1.82, 2.24) is 4.90 Å². The van der Waals surface area contributed by atoms with Crippen molar-refractivity contribution < 1.29 is 26.5 Å². The van der Waals surface area contributed by atoms with Crippen molar-refractivity contribution in [2.24, 2.45) is 0 Å². The van der Waals surface area contributed by atoms with Crippen LogP contribution in [0, 0.1) is 0 Å². The van der Waals surface area contributed by atoms with Crippen LogP contribution in [0.2, 0.25) is 0 Å². The lowest BCUT2D eigenvalue weighted by atomic mass is 10.2. The predicted octanol–water partition coefficient (Wildman–Crippen LogP) is 0.770. The summed E-state index contributed by atoms with van der Waals surface area (Å²) in [6.45, 7) is 5.80. The highest BCUT2D eigenvalue weighted by Crippen LogP contribution is 2.25. The fraction of sp³-hybridized carbons (Fsp3) is 0.875. The number of amides is 1. The molecule has 0 saturated carbocycles. The SMILES string of the molecule is CC(C)N(C(=O)C(F)(F)S(=O)(=O)[O-])C(C)C. The lowest BCUT2D eigenvalue weighted by Gasteiger charge is -2.34. The van der Waals surface area contributed by atoms with Gasteiger partial charge in [-0.05, 0) is 27.7 Å². The van der Waals surface area contributed by atoms with E-state index in [0.717, 1.165) is 0 Å². The summed E-state index contributed by atoms with van der Waals surface area (Å²) >= 11 is 0. The van der Waals surface area contributed by atoms with Gasteiger partial charge >= 0.3 is 11.2 Å². The third-order valence-electron chi connectivity index (χ3n) is 1.91. The van der Waals surface area contributed by atoms with Gasteiger partial charge in [0.25, 0.3) is 0 Å². The average Bonchev–Trinajstić information content (AvgIpc) is 1.99. The maximum Gasteiger partial charge on any atom is 0.411 e. The van der Waals surface area contributed by atoms with Crippen molar-refractivity contribution in [1.29, 1.82) is 0 Å². The second-order valence-electron chi connectivity index (χ2n) is 3.87. The molecule has 16 heavy (non-hydrogen) atoms. The first-order valence-electron chi connectivity index (χ1n) is 4.59.